The largest absolute Gasteiger partial charge is 0.332 e. The molecule has 1 aliphatic rings. The van der Waals surface area contributed by atoms with E-state index in [0.29, 0.717) is 28.7 Å². The molecule has 0 radical (unpaired) electrons. The minimum atomic E-state index is -0.579. The van der Waals surface area contributed by atoms with Crippen molar-refractivity contribution in [2.45, 2.75) is 6.42 Å². The summed E-state index contributed by atoms with van der Waals surface area (Å²) >= 11 is 0. The number of hydrogen-bond donors (Lipinski definition) is 0. The predicted octanol–water partition coefficient (Wildman–Crippen LogP) is 8.32. The van der Waals surface area contributed by atoms with Crippen LogP contribution in [-0.4, -0.2) is 16.7 Å². The lowest BCUT2D eigenvalue weighted by Crippen LogP contribution is -2.05. The number of aromatic nitrogens is 2. The Labute approximate surface area is 215 Å². The van der Waals surface area contributed by atoms with Gasteiger partial charge in [-0.15, -0.1) is 11.7 Å². The number of allylic oxidation sites excluding steroid dienone is 12. The first-order valence-electron chi connectivity index (χ1n) is 11.4. The smallest absolute Gasteiger partial charge is 0.279 e. The molecule has 0 fully saturated rings. The van der Waals surface area contributed by atoms with Crippen molar-refractivity contribution in [2.24, 2.45) is 10.2 Å². The second-order valence-corrected chi connectivity index (χ2v) is 7.58. The molecule has 0 aliphatic carbocycles. The zero-order chi connectivity index (χ0) is 26.6. The van der Waals surface area contributed by atoms with Gasteiger partial charge in [0.05, 0.1) is 12.1 Å². The molecule has 2 heterocycles. The fourth-order valence-electron chi connectivity index (χ4n) is 3.44. The Bertz CT molecular complexity index is 1410. The van der Waals surface area contributed by atoms with Gasteiger partial charge < -0.3 is 4.52 Å². The molecule has 0 unspecified atom stereocenters. The van der Waals surface area contributed by atoms with Crippen molar-refractivity contribution in [3.05, 3.63) is 151 Å². The normalized spacial score (nSPS) is 15.9. The maximum atomic E-state index is 14.7. The lowest BCUT2D eigenvalue weighted by Gasteiger charge is -2.17. The summed E-state index contributed by atoms with van der Waals surface area (Å²) < 4.78 is 34.7. The Balaban J connectivity index is 2.23. The Morgan fingerprint density at radius 3 is 2.59 bits per heavy atom. The predicted molar refractivity (Wildman–Crippen MR) is 145 cm³/mol. The highest BCUT2D eigenvalue weighted by Crippen LogP contribution is 2.36. The maximum absolute atomic E-state index is 14.7. The molecule has 186 valence electrons. The van der Waals surface area contributed by atoms with Gasteiger partial charge in [-0.3, -0.25) is 0 Å². The molecule has 3 rings (SSSR count). The number of benzene rings is 1. The lowest BCUT2D eigenvalue weighted by molar-refractivity contribution is 0.403. The van der Waals surface area contributed by atoms with Crippen molar-refractivity contribution in [3.8, 4) is 0 Å². The van der Waals surface area contributed by atoms with E-state index in [0.717, 1.165) is 0 Å². The van der Waals surface area contributed by atoms with Crippen molar-refractivity contribution >= 4 is 17.3 Å². The molecule has 0 saturated heterocycles. The summed E-state index contributed by atoms with van der Waals surface area (Å²) in [4.78, 5) is 4.38. The van der Waals surface area contributed by atoms with Crippen molar-refractivity contribution < 1.29 is 13.3 Å². The minimum Gasteiger partial charge on any atom is -0.332 e. The molecule has 7 heteroatoms. The van der Waals surface area contributed by atoms with Gasteiger partial charge in [0, 0.05) is 11.1 Å². The highest BCUT2D eigenvalue weighted by molar-refractivity contribution is 5.80. The summed E-state index contributed by atoms with van der Waals surface area (Å²) in [6.45, 7) is 15.0. The molecule has 0 spiro atoms. The summed E-state index contributed by atoms with van der Waals surface area (Å²) in [5.74, 6) is -0.953. The first kappa shape index (κ1) is 26.8. The summed E-state index contributed by atoms with van der Waals surface area (Å²) in [7, 11) is 0. The van der Waals surface area contributed by atoms with E-state index in [1.165, 1.54) is 18.2 Å². The first-order chi connectivity index (χ1) is 18.0. The average molecular weight is 497 g/mol. The molecule has 0 saturated carbocycles. The SMILES string of the molecule is C=C/C=C\C(=C/C=C)C1=C(c2nc(/C(C=C)=C(F)/C=C\CC=C)no2)N=NC/C1=C/c1ccccc1F. The highest BCUT2D eigenvalue weighted by Gasteiger charge is 2.25. The van der Waals surface area contributed by atoms with Gasteiger partial charge in [-0.1, -0.05) is 91.7 Å². The lowest BCUT2D eigenvalue weighted by atomic mass is 9.92. The van der Waals surface area contributed by atoms with Crippen molar-refractivity contribution in [1.82, 2.24) is 10.1 Å². The molecule has 37 heavy (non-hydrogen) atoms. The standard InChI is InChI=1S/C30H26F2N4O/c1-5-9-11-18-26(32)24(8-4)29-34-30(37-36-29)28-27(21(14-7-3)15-10-6-2)23(20-33-35-28)19-22-16-12-13-17-25(22)31/h5-8,10-19H,1-4,9,20H2/b15-10-,18-11-,21-14+,23-19-,26-24-. The van der Waals surface area contributed by atoms with Crippen molar-refractivity contribution in [2.75, 3.05) is 6.54 Å². The van der Waals surface area contributed by atoms with Crippen LogP contribution in [0.1, 0.15) is 23.7 Å². The van der Waals surface area contributed by atoms with E-state index in [1.54, 1.807) is 66.8 Å². The van der Waals surface area contributed by atoms with E-state index < -0.39 is 5.83 Å². The van der Waals surface area contributed by atoms with E-state index in [2.05, 4.69) is 46.7 Å². The minimum absolute atomic E-state index is 0.00565. The third-order valence-electron chi connectivity index (χ3n) is 5.10. The zero-order valence-electron chi connectivity index (χ0n) is 20.3. The summed E-state index contributed by atoms with van der Waals surface area (Å²) in [6.07, 6.45) is 16.6. The number of rotatable bonds is 11. The molecule has 0 amide bonds. The quantitative estimate of drug-likeness (QED) is 0.232. The third-order valence-corrected chi connectivity index (χ3v) is 5.10. The monoisotopic (exact) mass is 496 g/mol. The molecule has 0 bridgehead atoms. The molecule has 1 aromatic carbocycles. The Kier molecular flexibility index (Phi) is 9.67. The van der Waals surface area contributed by atoms with Crippen LogP contribution in [0.3, 0.4) is 0 Å². The van der Waals surface area contributed by atoms with Crippen LogP contribution in [0.15, 0.2) is 143 Å². The topological polar surface area (TPSA) is 63.6 Å². The second kappa shape index (κ2) is 13.3. The molecule has 1 aromatic heterocycles. The van der Waals surface area contributed by atoms with Gasteiger partial charge >= 0.3 is 0 Å². The van der Waals surface area contributed by atoms with Gasteiger partial charge in [-0.25, -0.2) is 8.78 Å². The average Bonchev–Trinajstić information content (AvgIpc) is 3.38. The molecule has 5 nitrogen and oxygen atoms in total. The number of halogens is 2. The van der Waals surface area contributed by atoms with Crippen LogP contribution < -0.4 is 0 Å². The fraction of sp³-hybridized carbons (Fsp3) is 0.0667. The van der Waals surface area contributed by atoms with Crippen molar-refractivity contribution in [3.63, 3.8) is 0 Å². The highest BCUT2D eigenvalue weighted by atomic mass is 19.1. The molecule has 2 aromatic rings. The third kappa shape index (κ3) is 6.67. The van der Waals surface area contributed by atoms with Crippen LogP contribution in [0.5, 0.6) is 0 Å². The second-order valence-electron chi connectivity index (χ2n) is 7.58. The summed E-state index contributed by atoms with van der Waals surface area (Å²) in [5, 5.41) is 12.4. The van der Waals surface area contributed by atoms with Crippen LogP contribution >= 0.6 is 0 Å². The van der Waals surface area contributed by atoms with Crippen LogP contribution in [-0.2, 0) is 0 Å². The maximum Gasteiger partial charge on any atom is 0.279 e. The van der Waals surface area contributed by atoms with E-state index in [9.17, 15) is 8.78 Å². The van der Waals surface area contributed by atoms with E-state index in [4.69, 9.17) is 4.52 Å². The van der Waals surface area contributed by atoms with Gasteiger partial charge in [0.15, 0.2) is 5.70 Å². The Hall–Kier alpha value is -4.78. The molecule has 0 N–H and O–H groups in total. The molecular formula is C30H26F2N4O. The van der Waals surface area contributed by atoms with Gasteiger partial charge in [-0.05, 0) is 35.8 Å². The number of hydrogen-bond acceptors (Lipinski definition) is 5. The first-order valence-corrected chi connectivity index (χ1v) is 11.4. The summed E-state index contributed by atoms with van der Waals surface area (Å²) in [5.41, 5.74) is 2.62. The van der Waals surface area contributed by atoms with Crippen molar-refractivity contribution in [1.29, 1.82) is 0 Å². The zero-order valence-corrected chi connectivity index (χ0v) is 20.3. The number of nitrogens with zero attached hydrogens (tertiary/aromatic N) is 4. The van der Waals surface area contributed by atoms with Crippen LogP contribution in [0.4, 0.5) is 8.78 Å². The van der Waals surface area contributed by atoms with E-state index in [-0.39, 0.29) is 35.3 Å². The molecule has 0 atom stereocenters. The van der Waals surface area contributed by atoms with Gasteiger partial charge in [0.1, 0.15) is 11.6 Å². The van der Waals surface area contributed by atoms with E-state index >= 15 is 0 Å². The Morgan fingerprint density at radius 1 is 1.08 bits per heavy atom. The van der Waals surface area contributed by atoms with Crippen LogP contribution in [0.25, 0.3) is 17.3 Å². The van der Waals surface area contributed by atoms with Gasteiger partial charge in [0.25, 0.3) is 5.89 Å². The molecular weight excluding hydrogens is 470 g/mol. The van der Waals surface area contributed by atoms with Crippen LogP contribution in [0.2, 0.25) is 0 Å². The van der Waals surface area contributed by atoms with Crippen LogP contribution in [0, 0.1) is 5.82 Å². The number of azo groups is 1. The van der Waals surface area contributed by atoms with Gasteiger partial charge in [0.2, 0.25) is 5.82 Å². The Morgan fingerprint density at radius 2 is 1.89 bits per heavy atom. The fourth-order valence-corrected chi connectivity index (χ4v) is 3.44. The van der Waals surface area contributed by atoms with E-state index in [1.807, 2.05) is 0 Å². The molecule has 1 aliphatic heterocycles. The van der Waals surface area contributed by atoms with Gasteiger partial charge in [-0.2, -0.15) is 10.1 Å². The summed E-state index contributed by atoms with van der Waals surface area (Å²) in [6, 6.07) is 6.40.